The van der Waals surface area contributed by atoms with Crippen molar-refractivity contribution in [3.8, 4) is 5.75 Å². The minimum atomic E-state index is -0.971. The molecule has 22 heavy (non-hydrogen) atoms. The van der Waals surface area contributed by atoms with E-state index in [1.807, 2.05) is 12.1 Å². The molecule has 2 rings (SSSR count). The number of hydrogen-bond acceptors (Lipinski definition) is 5. The van der Waals surface area contributed by atoms with E-state index in [0.717, 1.165) is 15.6 Å². The molecule has 0 radical (unpaired) electrons. The molecule has 0 saturated heterocycles. The molecule has 5 nitrogen and oxygen atoms in total. The van der Waals surface area contributed by atoms with Gasteiger partial charge in [0, 0.05) is 17.7 Å². The molecule has 0 aliphatic rings. The second-order valence-electron chi connectivity index (χ2n) is 5.15. The minimum absolute atomic E-state index is 0.0111. The van der Waals surface area contributed by atoms with E-state index in [1.165, 1.54) is 18.3 Å². The molecule has 2 N–H and O–H groups in total. The van der Waals surface area contributed by atoms with Gasteiger partial charge in [-0.05, 0) is 35.6 Å². The smallest absolute Gasteiger partial charge is 0.306 e. The third-order valence-corrected chi connectivity index (χ3v) is 4.63. The van der Waals surface area contributed by atoms with Gasteiger partial charge in [0.25, 0.3) is 0 Å². The predicted molar refractivity (Wildman–Crippen MR) is 84.9 cm³/mol. The van der Waals surface area contributed by atoms with Crippen LogP contribution in [-0.4, -0.2) is 35.7 Å². The van der Waals surface area contributed by atoms with E-state index < -0.39 is 11.9 Å². The van der Waals surface area contributed by atoms with Gasteiger partial charge in [-0.2, -0.15) is 0 Å². The number of rotatable bonds is 7. The van der Waals surface area contributed by atoms with E-state index in [4.69, 9.17) is 14.9 Å². The lowest BCUT2D eigenvalue weighted by atomic mass is 10.0. The van der Waals surface area contributed by atoms with Gasteiger partial charge < -0.3 is 14.9 Å². The van der Waals surface area contributed by atoms with E-state index in [-0.39, 0.29) is 18.8 Å². The fourth-order valence-corrected chi connectivity index (χ4v) is 3.25. The molecule has 0 spiro atoms. The molecule has 1 atom stereocenters. The number of aliphatic hydroxyl groups excluding tert-OH is 1. The van der Waals surface area contributed by atoms with Crippen molar-refractivity contribution in [3.63, 3.8) is 0 Å². The first-order valence-electron chi connectivity index (χ1n) is 6.93. The summed E-state index contributed by atoms with van der Waals surface area (Å²) >= 11 is 1.33. The Kier molecular flexibility index (Phi) is 5.15. The molecule has 1 aromatic heterocycles. The maximum absolute atomic E-state index is 12.2. The number of carboxylic acid groups (broad SMARTS) is 1. The predicted octanol–water partition coefficient (Wildman–Crippen LogP) is 2.74. The highest BCUT2D eigenvalue weighted by Crippen LogP contribution is 2.33. The van der Waals surface area contributed by atoms with Gasteiger partial charge in [-0.3, -0.25) is 9.59 Å². The molecule has 0 amide bonds. The second kappa shape index (κ2) is 6.89. The molecule has 0 saturated carbocycles. The lowest BCUT2D eigenvalue weighted by molar-refractivity contribution is -0.141. The Bertz CT molecular complexity index is 704. The van der Waals surface area contributed by atoms with Crippen molar-refractivity contribution in [2.45, 2.75) is 19.8 Å². The molecule has 6 heteroatoms. The van der Waals surface area contributed by atoms with Crippen LogP contribution in [-0.2, 0) is 11.2 Å². The molecule has 0 fully saturated rings. The highest BCUT2D eigenvalue weighted by Gasteiger charge is 2.19. The van der Waals surface area contributed by atoms with Gasteiger partial charge in [-0.1, -0.05) is 6.92 Å². The Morgan fingerprint density at radius 2 is 2.05 bits per heavy atom. The quantitative estimate of drug-likeness (QED) is 0.766. The lowest BCUT2D eigenvalue weighted by Crippen LogP contribution is -2.13. The number of carboxylic acids is 1. The van der Waals surface area contributed by atoms with Crippen LogP contribution in [0.2, 0.25) is 0 Å². The van der Waals surface area contributed by atoms with Gasteiger partial charge in [0.1, 0.15) is 5.75 Å². The number of Topliss-reactive ketones (excluding diaryl/α,β-unsaturated/α-hetero) is 1. The van der Waals surface area contributed by atoms with Crippen LogP contribution in [0.25, 0.3) is 10.1 Å². The van der Waals surface area contributed by atoms with E-state index in [0.29, 0.717) is 17.0 Å². The Morgan fingerprint density at radius 1 is 1.32 bits per heavy atom. The van der Waals surface area contributed by atoms with E-state index in [1.54, 1.807) is 13.2 Å². The maximum Gasteiger partial charge on any atom is 0.306 e. The van der Waals surface area contributed by atoms with Gasteiger partial charge in [-0.25, -0.2) is 0 Å². The van der Waals surface area contributed by atoms with Crippen LogP contribution in [0.3, 0.4) is 0 Å². The Balaban J connectivity index is 2.33. The molecule has 118 valence electrons. The molecule has 0 aliphatic carbocycles. The molecule has 1 aromatic carbocycles. The standard InChI is InChI=1S/C16H18O5S/c1-9(16(19)20)5-12(18)15-7-11-6-10(3-4-17)13(21-2)8-14(11)22-15/h6-9,17H,3-5H2,1-2H3,(H,19,20). The zero-order valence-electron chi connectivity index (χ0n) is 12.5. The number of aliphatic carboxylic acids is 1. The van der Waals surface area contributed by atoms with Crippen molar-refractivity contribution in [1.29, 1.82) is 0 Å². The molecule has 1 heterocycles. The largest absolute Gasteiger partial charge is 0.496 e. The third-order valence-electron chi connectivity index (χ3n) is 3.49. The summed E-state index contributed by atoms with van der Waals surface area (Å²) in [6, 6.07) is 5.53. The molecule has 2 aromatic rings. The number of ketones is 1. The molecular weight excluding hydrogens is 304 g/mol. The van der Waals surface area contributed by atoms with E-state index in [2.05, 4.69) is 0 Å². The first-order chi connectivity index (χ1) is 10.5. The minimum Gasteiger partial charge on any atom is -0.496 e. The van der Waals surface area contributed by atoms with E-state index >= 15 is 0 Å². The van der Waals surface area contributed by atoms with Crippen LogP contribution in [0.4, 0.5) is 0 Å². The Labute approximate surface area is 132 Å². The number of aliphatic hydroxyl groups is 1. The lowest BCUT2D eigenvalue weighted by Gasteiger charge is -2.07. The Morgan fingerprint density at radius 3 is 2.64 bits per heavy atom. The summed E-state index contributed by atoms with van der Waals surface area (Å²) in [5, 5.41) is 18.9. The molecule has 0 bridgehead atoms. The van der Waals surface area contributed by atoms with Gasteiger partial charge in [-0.15, -0.1) is 11.3 Å². The van der Waals surface area contributed by atoms with Crippen molar-refractivity contribution in [3.05, 3.63) is 28.6 Å². The van der Waals surface area contributed by atoms with Crippen LogP contribution in [0, 0.1) is 5.92 Å². The average molecular weight is 322 g/mol. The number of methoxy groups -OCH3 is 1. The second-order valence-corrected chi connectivity index (χ2v) is 6.24. The molecule has 0 aliphatic heterocycles. The van der Waals surface area contributed by atoms with Crippen molar-refractivity contribution in [1.82, 2.24) is 0 Å². The summed E-state index contributed by atoms with van der Waals surface area (Å²) in [6.45, 7) is 1.55. The maximum atomic E-state index is 12.2. The highest BCUT2D eigenvalue weighted by atomic mass is 32.1. The third kappa shape index (κ3) is 3.45. The van der Waals surface area contributed by atoms with Gasteiger partial charge in [0.05, 0.1) is 17.9 Å². The topological polar surface area (TPSA) is 83.8 Å². The summed E-state index contributed by atoms with van der Waals surface area (Å²) in [4.78, 5) is 23.6. The highest BCUT2D eigenvalue weighted by molar-refractivity contribution is 7.20. The Hall–Kier alpha value is -1.92. The number of hydrogen-bond donors (Lipinski definition) is 2. The van der Waals surface area contributed by atoms with Crippen molar-refractivity contribution in [2.24, 2.45) is 5.92 Å². The number of benzene rings is 1. The van der Waals surface area contributed by atoms with Crippen LogP contribution in [0.15, 0.2) is 18.2 Å². The van der Waals surface area contributed by atoms with Crippen LogP contribution in [0.5, 0.6) is 5.75 Å². The normalized spacial score (nSPS) is 12.3. The SMILES string of the molecule is COc1cc2sc(C(=O)CC(C)C(=O)O)cc2cc1CCO. The first-order valence-corrected chi connectivity index (χ1v) is 7.75. The van der Waals surface area contributed by atoms with Crippen molar-refractivity contribution < 1.29 is 24.5 Å². The summed E-state index contributed by atoms with van der Waals surface area (Å²) in [5.74, 6) is -1.15. The number of fused-ring (bicyclic) bond motifs is 1. The van der Waals surface area contributed by atoms with Gasteiger partial charge >= 0.3 is 5.97 Å². The summed E-state index contributed by atoms with van der Waals surface area (Å²) in [5.41, 5.74) is 0.883. The summed E-state index contributed by atoms with van der Waals surface area (Å²) < 4.78 is 6.21. The van der Waals surface area contributed by atoms with Crippen LogP contribution in [0.1, 0.15) is 28.6 Å². The zero-order chi connectivity index (χ0) is 16.3. The fourth-order valence-electron chi connectivity index (χ4n) is 2.22. The molecule has 1 unspecified atom stereocenters. The first kappa shape index (κ1) is 16.5. The monoisotopic (exact) mass is 322 g/mol. The fraction of sp³-hybridized carbons (Fsp3) is 0.375. The molecular formula is C16H18O5S. The van der Waals surface area contributed by atoms with Gasteiger partial charge in [0.15, 0.2) is 5.78 Å². The van der Waals surface area contributed by atoms with Gasteiger partial charge in [0.2, 0.25) is 0 Å². The number of carbonyl (C=O) groups excluding carboxylic acids is 1. The van der Waals surface area contributed by atoms with Crippen LogP contribution >= 0.6 is 11.3 Å². The number of thiophene rings is 1. The van der Waals surface area contributed by atoms with Crippen molar-refractivity contribution in [2.75, 3.05) is 13.7 Å². The average Bonchev–Trinajstić information content (AvgIpc) is 2.89. The van der Waals surface area contributed by atoms with E-state index in [9.17, 15) is 9.59 Å². The summed E-state index contributed by atoms with van der Waals surface area (Å²) in [6.07, 6.45) is 0.469. The van der Waals surface area contributed by atoms with Crippen molar-refractivity contribution >= 4 is 33.2 Å². The van der Waals surface area contributed by atoms with Crippen LogP contribution < -0.4 is 4.74 Å². The summed E-state index contributed by atoms with van der Waals surface area (Å²) in [7, 11) is 1.57. The number of carbonyl (C=O) groups is 2. The zero-order valence-corrected chi connectivity index (χ0v) is 13.3. The number of ether oxygens (including phenoxy) is 1.